The smallest absolute Gasteiger partial charge is 0.255 e. The highest BCUT2D eigenvalue weighted by Gasteiger charge is 2.17. The molecular weight excluding hydrogens is 348 g/mol. The lowest BCUT2D eigenvalue weighted by molar-refractivity contribution is 0.102. The Labute approximate surface area is 155 Å². The zero-order valence-electron chi connectivity index (χ0n) is 14.5. The normalized spacial score (nSPS) is 13.2. The SMILES string of the molecule is O=C(Nc1ccc(N2CCc3ccccc3C2)nc1)c1ccc(F)c(F)c1. The standard InChI is InChI=1S/C21H17F2N3O/c22-18-7-5-15(11-19(18)23)21(27)25-17-6-8-20(24-12-17)26-10-9-14-3-1-2-4-16(14)13-26/h1-8,11-12H,9-10,13H2,(H,25,27). The monoisotopic (exact) mass is 365 g/mol. The number of rotatable bonds is 3. The van der Waals surface area contributed by atoms with E-state index in [-0.39, 0.29) is 5.56 Å². The molecule has 0 bridgehead atoms. The van der Waals surface area contributed by atoms with Crippen molar-refractivity contribution in [2.45, 2.75) is 13.0 Å². The van der Waals surface area contributed by atoms with E-state index in [2.05, 4.69) is 33.4 Å². The van der Waals surface area contributed by atoms with Gasteiger partial charge in [0.05, 0.1) is 11.9 Å². The number of anilines is 2. The van der Waals surface area contributed by atoms with Crippen molar-refractivity contribution in [3.63, 3.8) is 0 Å². The van der Waals surface area contributed by atoms with Crippen molar-refractivity contribution < 1.29 is 13.6 Å². The third-order valence-corrected chi connectivity index (χ3v) is 4.64. The Hall–Kier alpha value is -3.28. The van der Waals surface area contributed by atoms with E-state index in [1.54, 1.807) is 12.3 Å². The largest absolute Gasteiger partial charge is 0.352 e. The summed E-state index contributed by atoms with van der Waals surface area (Å²) in [4.78, 5) is 18.8. The third-order valence-electron chi connectivity index (χ3n) is 4.64. The molecule has 0 atom stereocenters. The minimum atomic E-state index is -1.05. The summed E-state index contributed by atoms with van der Waals surface area (Å²) in [5, 5.41) is 2.64. The highest BCUT2D eigenvalue weighted by molar-refractivity contribution is 6.04. The highest BCUT2D eigenvalue weighted by atomic mass is 19.2. The molecule has 4 rings (SSSR count). The lowest BCUT2D eigenvalue weighted by atomic mass is 10.00. The van der Waals surface area contributed by atoms with Crippen LogP contribution >= 0.6 is 0 Å². The van der Waals surface area contributed by atoms with Gasteiger partial charge in [-0.3, -0.25) is 4.79 Å². The van der Waals surface area contributed by atoms with Gasteiger partial charge in [0.1, 0.15) is 5.82 Å². The van der Waals surface area contributed by atoms with Crippen LogP contribution in [0.2, 0.25) is 0 Å². The number of nitrogens with zero attached hydrogens (tertiary/aromatic N) is 2. The van der Waals surface area contributed by atoms with E-state index in [0.717, 1.165) is 37.5 Å². The number of fused-ring (bicyclic) bond motifs is 1. The van der Waals surface area contributed by atoms with Gasteiger partial charge in [-0.25, -0.2) is 13.8 Å². The molecule has 0 radical (unpaired) electrons. The molecule has 1 aromatic heterocycles. The minimum absolute atomic E-state index is 0.0469. The average Bonchev–Trinajstić information content (AvgIpc) is 2.70. The molecule has 1 aliphatic heterocycles. The summed E-state index contributed by atoms with van der Waals surface area (Å²) in [5.41, 5.74) is 3.20. The number of hydrogen-bond acceptors (Lipinski definition) is 3. The zero-order valence-corrected chi connectivity index (χ0v) is 14.5. The second kappa shape index (κ2) is 7.15. The Kier molecular flexibility index (Phi) is 4.54. The molecule has 0 aliphatic carbocycles. The van der Waals surface area contributed by atoms with Crippen LogP contribution in [0.1, 0.15) is 21.5 Å². The molecule has 2 aromatic carbocycles. The summed E-state index contributed by atoms with van der Waals surface area (Å²) in [6, 6.07) is 15.0. The van der Waals surface area contributed by atoms with Gasteiger partial charge in [0, 0.05) is 18.7 Å². The van der Waals surface area contributed by atoms with Gasteiger partial charge in [-0.15, -0.1) is 0 Å². The maximum atomic E-state index is 13.3. The summed E-state index contributed by atoms with van der Waals surface area (Å²) >= 11 is 0. The Balaban J connectivity index is 1.45. The predicted octanol–water partition coefficient (Wildman–Crippen LogP) is 4.17. The lowest BCUT2D eigenvalue weighted by Gasteiger charge is -2.29. The number of aromatic nitrogens is 1. The predicted molar refractivity (Wildman–Crippen MR) is 99.7 cm³/mol. The Morgan fingerprint density at radius 3 is 2.56 bits per heavy atom. The van der Waals surface area contributed by atoms with Crippen LogP contribution in [0.15, 0.2) is 60.8 Å². The zero-order chi connectivity index (χ0) is 18.8. The van der Waals surface area contributed by atoms with E-state index in [1.807, 2.05) is 12.1 Å². The summed E-state index contributed by atoms with van der Waals surface area (Å²) in [6.07, 6.45) is 2.53. The molecule has 6 heteroatoms. The number of nitrogens with one attached hydrogen (secondary N) is 1. The highest BCUT2D eigenvalue weighted by Crippen LogP contribution is 2.23. The molecule has 0 unspecified atom stereocenters. The molecule has 0 saturated heterocycles. The van der Waals surface area contributed by atoms with Gasteiger partial charge in [0.2, 0.25) is 0 Å². The van der Waals surface area contributed by atoms with E-state index < -0.39 is 17.5 Å². The van der Waals surface area contributed by atoms with E-state index in [1.165, 1.54) is 17.2 Å². The van der Waals surface area contributed by atoms with Crippen LogP contribution in [0.25, 0.3) is 0 Å². The van der Waals surface area contributed by atoms with Crippen LogP contribution in [0.3, 0.4) is 0 Å². The quantitative estimate of drug-likeness (QED) is 0.758. The molecule has 0 fully saturated rings. The number of carbonyl (C=O) groups is 1. The molecule has 1 amide bonds. The van der Waals surface area contributed by atoms with Crippen molar-refractivity contribution in [2.24, 2.45) is 0 Å². The fourth-order valence-corrected chi connectivity index (χ4v) is 3.18. The van der Waals surface area contributed by atoms with E-state index in [4.69, 9.17) is 0 Å². The molecule has 0 saturated carbocycles. The molecule has 4 nitrogen and oxygen atoms in total. The lowest BCUT2D eigenvalue weighted by Crippen LogP contribution is -2.30. The molecule has 1 N–H and O–H groups in total. The summed E-state index contributed by atoms with van der Waals surface area (Å²) in [6.45, 7) is 1.67. The van der Waals surface area contributed by atoms with Crippen molar-refractivity contribution in [1.82, 2.24) is 4.98 Å². The first-order chi connectivity index (χ1) is 13.1. The van der Waals surface area contributed by atoms with Crippen LogP contribution in [-0.2, 0) is 13.0 Å². The summed E-state index contributed by atoms with van der Waals surface area (Å²) in [7, 11) is 0. The summed E-state index contributed by atoms with van der Waals surface area (Å²) < 4.78 is 26.3. The van der Waals surface area contributed by atoms with Gasteiger partial charge in [-0.05, 0) is 47.9 Å². The van der Waals surface area contributed by atoms with Crippen molar-refractivity contribution in [3.05, 3.63) is 89.1 Å². The number of carbonyl (C=O) groups excluding carboxylic acids is 1. The Morgan fingerprint density at radius 2 is 1.81 bits per heavy atom. The molecule has 1 aliphatic rings. The maximum Gasteiger partial charge on any atom is 0.255 e. The van der Waals surface area contributed by atoms with Gasteiger partial charge in [-0.1, -0.05) is 24.3 Å². The van der Waals surface area contributed by atoms with Gasteiger partial charge < -0.3 is 10.2 Å². The van der Waals surface area contributed by atoms with Gasteiger partial charge >= 0.3 is 0 Å². The van der Waals surface area contributed by atoms with E-state index in [0.29, 0.717) is 5.69 Å². The Bertz CT molecular complexity index is 989. The fraction of sp³-hybridized carbons (Fsp3) is 0.143. The third kappa shape index (κ3) is 3.65. The number of amides is 1. The van der Waals surface area contributed by atoms with Crippen LogP contribution in [0, 0.1) is 11.6 Å². The van der Waals surface area contributed by atoms with Crippen LogP contribution in [0.5, 0.6) is 0 Å². The van der Waals surface area contributed by atoms with Gasteiger partial charge in [-0.2, -0.15) is 0 Å². The topological polar surface area (TPSA) is 45.2 Å². The van der Waals surface area contributed by atoms with E-state index >= 15 is 0 Å². The number of halogens is 2. The van der Waals surface area contributed by atoms with Crippen molar-refractivity contribution in [1.29, 1.82) is 0 Å². The molecule has 3 aromatic rings. The van der Waals surface area contributed by atoms with Crippen molar-refractivity contribution in [2.75, 3.05) is 16.8 Å². The molecule has 0 spiro atoms. The minimum Gasteiger partial charge on any atom is -0.352 e. The average molecular weight is 365 g/mol. The molecule has 2 heterocycles. The van der Waals surface area contributed by atoms with Gasteiger partial charge in [0.15, 0.2) is 11.6 Å². The number of benzene rings is 2. The first-order valence-electron chi connectivity index (χ1n) is 8.64. The molecule has 136 valence electrons. The maximum absolute atomic E-state index is 13.3. The van der Waals surface area contributed by atoms with Gasteiger partial charge in [0.25, 0.3) is 5.91 Å². The van der Waals surface area contributed by atoms with Crippen LogP contribution in [0.4, 0.5) is 20.3 Å². The summed E-state index contributed by atoms with van der Waals surface area (Å²) in [5.74, 6) is -1.73. The van der Waals surface area contributed by atoms with Crippen LogP contribution in [-0.4, -0.2) is 17.4 Å². The van der Waals surface area contributed by atoms with Crippen LogP contribution < -0.4 is 10.2 Å². The second-order valence-electron chi connectivity index (χ2n) is 6.43. The number of hydrogen-bond donors (Lipinski definition) is 1. The first kappa shape index (κ1) is 17.1. The molecular formula is C21H17F2N3O. The Morgan fingerprint density at radius 1 is 1.00 bits per heavy atom. The molecule has 27 heavy (non-hydrogen) atoms. The fourth-order valence-electron chi connectivity index (χ4n) is 3.18. The second-order valence-corrected chi connectivity index (χ2v) is 6.43. The van der Waals surface area contributed by atoms with Crippen molar-refractivity contribution >= 4 is 17.4 Å². The first-order valence-corrected chi connectivity index (χ1v) is 8.64. The van der Waals surface area contributed by atoms with Crippen molar-refractivity contribution in [3.8, 4) is 0 Å². The number of pyridine rings is 1. The van der Waals surface area contributed by atoms with E-state index in [9.17, 15) is 13.6 Å².